The molecule has 6 nitrogen and oxygen atoms in total. The van der Waals surface area contributed by atoms with Crippen LogP contribution in [-0.2, 0) is 5.41 Å². The van der Waals surface area contributed by atoms with Gasteiger partial charge < -0.3 is 15.4 Å². The lowest BCUT2D eigenvalue weighted by atomic mass is 9.87. The van der Waals surface area contributed by atoms with E-state index in [1.54, 1.807) is 42.5 Å². The summed E-state index contributed by atoms with van der Waals surface area (Å²) in [6.45, 7) is 9.00. The van der Waals surface area contributed by atoms with Crippen molar-refractivity contribution in [2.24, 2.45) is 0 Å². The van der Waals surface area contributed by atoms with E-state index in [1.807, 2.05) is 37.3 Å². The van der Waals surface area contributed by atoms with Gasteiger partial charge in [-0.25, -0.2) is 0 Å². The number of anilines is 2. The molecule has 3 aromatic carbocycles. The fourth-order valence-corrected chi connectivity index (χ4v) is 3.49. The Morgan fingerprint density at radius 1 is 0.829 bits per heavy atom. The highest BCUT2D eigenvalue weighted by Gasteiger charge is 2.15. The van der Waals surface area contributed by atoms with Crippen LogP contribution in [-0.4, -0.2) is 23.5 Å². The zero-order valence-corrected chi connectivity index (χ0v) is 21.3. The van der Waals surface area contributed by atoms with E-state index in [1.165, 1.54) is 0 Å². The van der Waals surface area contributed by atoms with Gasteiger partial charge in [0.15, 0.2) is 5.11 Å². The largest absolute Gasteiger partial charge is 0.494 e. The monoisotopic (exact) mass is 489 g/mol. The van der Waals surface area contributed by atoms with Gasteiger partial charge in [-0.05, 0) is 78.1 Å². The topological polar surface area (TPSA) is 79.5 Å². The van der Waals surface area contributed by atoms with Gasteiger partial charge in [-0.2, -0.15) is 0 Å². The lowest BCUT2D eigenvalue weighted by molar-refractivity contribution is 0.0976. The van der Waals surface area contributed by atoms with E-state index >= 15 is 0 Å². The summed E-state index contributed by atoms with van der Waals surface area (Å²) in [6.07, 6.45) is 0.882. The number of hydrogen-bond donors (Lipinski definition) is 3. The van der Waals surface area contributed by atoms with E-state index in [0.29, 0.717) is 34.9 Å². The Bertz CT molecular complexity index is 1200. The Balaban J connectivity index is 1.59. The van der Waals surface area contributed by atoms with Crippen LogP contribution in [0.3, 0.4) is 0 Å². The number of thiocarbonyl (C=S) groups is 1. The second kappa shape index (κ2) is 11.6. The normalized spacial score (nSPS) is 10.9. The molecule has 3 rings (SSSR count). The van der Waals surface area contributed by atoms with E-state index in [2.05, 4.69) is 36.7 Å². The van der Waals surface area contributed by atoms with Crippen LogP contribution in [0.5, 0.6) is 5.75 Å². The first-order valence-corrected chi connectivity index (χ1v) is 11.9. The summed E-state index contributed by atoms with van der Waals surface area (Å²) in [7, 11) is 0. The van der Waals surface area contributed by atoms with E-state index in [0.717, 1.165) is 12.0 Å². The summed E-state index contributed by atoms with van der Waals surface area (Å²) in [5, 5.41) is 8.70. The zero-order valence-electron chi connectivity index (χ0n) is 20.5. The third-order valence-electron chi connectivity index (χ3n) is 5.19. The van der Waals surface area contributed by atoms with Crippen LogP contribution in [0.1, 0.15) is 60.4 Å². The van der Waals surface area contributed by atoms with Gasteiger partial charge in [-0.15, -0.1) is 0 Å². The van der Waals surface area contributed by atoms with E-state index in [4.69, 9.17) is 17.0 Å². The molecule has 35 heavy (non-hydrogen) atoms. The SMILES string of the molecule is CCCOc1cccc(C(=O)NC(=S)Nc2cccc(NC(=O)c3ccc(C(C)(C)C)cc3)c2)c1. The fraction of sp³-hybridized carbons (Fsp3) is 0.250. The van der Waals surface area contributed by atoms with Gasteiger partial charge in [0.25, 0.3) is 11.8 Å². The van der Waals surface area contributed by atoms with Gasteiger partial charge in [-0.3, -0.25) is 14.9 Å². The molecule has 0 unspecified atom stereocenters. The first-order valence-electron chi connectivity index (χ1n) is 11.5. The van der Waals surface area contributed by atoms with Crippen LogP contribution in [0.15, 0.2) is 72.8 Å². The minimum absolute atomic E-state index is 0.0223. The molecule has 0 aliphatic heterocycles. The van der Waals surface area contributed by atoms with Crippen LogP contribution < -0.4 is 20.7 Å². The Hall–Kier alpha value is -3.71. The molecule has 0 saturated carbocycles. The van der Waals surface area contributed by atoms with Crippen molar-refractivity contribution in [1.82, 2.24) is 5.32 Å². The molecule has 0 heterocycles. The molecule has 0 radical (unpaired) electrons. The molecule has 3 N–H and O–H groups in total. The molecule has 2 amide bonds. The Morgan fingerprint density at radius 3 is 2.14 bits per heavy atom. The third kappa shape index (κ3) is 7.65. The van der Waals surface area contributed by atoms with Crippen molar-refractivity contribution in [2.45, 2.75) is 39.5 Å². The van der Waals surface area contributed by atoms with Crippen LogP contribution in [0, 0.1) is 0 Å². The van der Waals surface area contributed by atoms with E-state index < -0.39 is 0 Å². The predicted octanol–water partition coefficient (Wildman–Crippen LogP) is 6.15. The molecular formula is C28H31N3O3S. The number of amides is 2. The second-order valence-electron chi connectivity index (χ2n) is 9.15. The van der Waals surface area contributed by atoms with Crippen molar-refractivity contribution in [3.05, 3.63) is 89.5 Å². The highest BCUT2D eigenvalue weighted by atomic mass is 32.1. The average Bonchev–Trinajstić information content (AvgIpc) is 2.82. The Morgan fingerprint density at radius 2 is 1.49 bits per heavy atom. The molecule has 0 aliphatic carbocycles. The second-order valence-corrected chi connectivity index (χ2v) is 9.56. The van der Waals surface area contributed by atoms with Crippen LogP contribution in [0.25, 0.3) is 0 Å². The molecule has 0 bridgehead atoms. The third-order valence-corrected chi connectivity index (χ3v) is 5.39. The Labute approximate surface area is 212 Å². The summed E-state index contributed by atoms with van der Waals surface area (Å²) >= 11 is 5.30. The van der Waals surface area contributed by atoms with Crippen LogP contribution in [0.4, 0.5) is 11.4 Å². The highest BCUT2D eigenvalue weighted by molar-refractivity contribution is 7.80. The van der Waals surface area contributed by atoms with Crippen LogP contribution in [0.2, 0.25) is 0 Å². The molecule has 0 aliphatic rings. The van der Waals surface area contributed by atoms with Gasteiger partial charge in [0.1, 0.15) is 5.75 Å². The van der Waals surface area contributed by atoms with E-state index in [-0.39, 0.29) is 22.3 Å². The molecule has 0 spiro atoms. The average molecular weight is 490 g/mol. The molecule has 0 saturated heterocycles. The maximum atomic E-state index is 12.7. The van der Waals surface area contributed by atoms with Crippen molar-refractivity contribution in [3.8, 4) is 5.75 Å². The van der Waals surface area contributed by atoms with Gasteiger partial charge in [0.05, 0.1) is 6.61 Å². The summed E-state index contributed by atoms with van der Waals surface area (Å²) in [6, 6.07) is 21.7. The van der Waals surface area contributed by atoms with Crippen LogP contribution >= 0.6 is 12.2 Å². The van der Waals surface area contributed by atoms with Gasteiger partial charge in [-0.1, -0.05) is 52.0 Å². The van der Waals surface area contributed by atoms with E-state index in [9.17, 15) is 9.59 Å². The maximum absolute atomic E-state index is 12.7. The summed E-state index contributed by atoms with van der Waals surface area (Å²) in [5.74, 6) is 0.0890. The van der Waals surface area contributed by atoms with Gasteiger partial charge >= 0.3 is 0 Å². The Kier molecular flexibility index (Phi) is 8.60. The molecule has 0 aromatic heterocycles. The van der Waals surface area contributed by atoms with Crippen molar-refractivity contribution < 1.29 is 14.3 Å². The maximum Gasteiger partial charge on any atom is 0.257 e. The first-order chi connectivity index (χ1) is 16.7. The van der Waals surface area contributed by atoms with Crippen molar-refractivity contribution >= 4 is 40.5 Å². The zero-order chi connectivity index (χ0) is 25.4. The minimum Gasteiger partial charge on any atom is -0.494 e. The molecule has 182 valence electrons. The van der Waals surface area contributed by atoms with Crippen molar-refractivity contribution in [2.75, 3.05) is 17.2 Å². The quantitative estimate of drug-likeness (QED) is 0.347. The molecule has 3 aromatic rings. The van der Waals surface area contributed by atoms with Gasteiger partial charge in [0.2, 0.25) is 0 Å². The lowest BCUT2D eigenvalue weighted by Gasteiger charge is -2.19. The summed E-state index contributed by atoms with van der Waals surface area (Å²) in [5.41, 5.74) is 3.45. The number of benzene rings is 3. The molecule has 7 heteroatoms. The molecule has 0 atom stereocenters. The molecular weight excluding hydrogens is 458 g/mol. The minimum atomic E-state index is -0.340. The number of hydrogen-bond acceptors (Lipinski definition) is 4. The first kappa shape index (κ1) is 25.9. The molecule has 0 fully saturated rings. The number of carbonyl (C=O) groups is 2. The highest BCUT2D eigenvalue weighted by Crippen LogP contribution is 2.23. The number of carbonyl (C=O) groups excluding carboxylic acids is 2. The fourth-order valence-electron chi connectivity index (χ4n) is 3.28. The predicted molar refractivity (Wildman–Crippen MR) is 145 cm³/mol. The number of ether oxygens (including phenoxy) is 1. The number of rotatable bonds is 7. The standard InChI is InChI=1S/C28H31N3O3S/c1-5-16-34-24-11-6-8-20(17-24)26(33)31-27(35)30-23-10-7-9-22(18-23)29-25(32)19-12-14-21(15-13-19)28(2,3)4/h6-15,17-18H,5,16H2,1-4H3,(H,29,32)(H2,30,31,33,35). The van der Waals surface area contributed by atoms with Crippen molar-refractivity contribution in [1.29, 1.82) is 0 Å². The number of nitrogens with one attached hydrogen (secondary N) is 3. The lowest BCUT2D eigenvalue weighted by Crippen LogP contribution is -2.34. The smallest absolute Gasteiger partial charge is 0.257 e. The summed E-state index contributed by atoms with van der Waals surface area (Å²) < 4.78 is 5.58. The van der Waals surface area contributed by atoms with Crippen molar-refractivity contribution in [3.63, 3.8) is 0 Å². The summed E-state index contributed by atoms with van der Waals surface area (Å²) in [4.78, 5) is 25.3. The van der Waals surface area contributed by atoms with Gasteiger partial charge in [0, 0.05) is 22.5 Å².